The van der Waals surface area contributed by atoms with Crippen LogP contribution in [0, 0.1) is 0 Å². The number of nitrogens with zero attached hydrogens (tertiary/aromatic N) is 1. The van der Waals surface area contributed by atoms with Crippen molar-refractivity contribution in [2.24, 2.45) is 0 Å². The van der Waals surface area contributed by atoms with Crippen LogP contribution in [-0.2, 0) is 4.79 Å². The molecule has 1 aliphatic heterocycles. The van der Waals surface area contributed by atoms with Crippen LogP contribution in [0.1, 0.15) is 29.6 Å². The van der Waals surface area contributed by atoms with Gasteiger partial charge in [-0.15, -0.1) is 0 Å². The lowest BCUT2D eigenvalue weighted by molar-refractivity contribution is -0.126. The van der Waals surface area contributed by atoms with Gasteiger partial charge in [0.05, 0.1) is 7.11 Å². The molecule has 0 bridgehead atoms. The van der Waals surface area contributed by atoms with Crippen LogP contribution in [0.2, 0.25) is 0 Å². The third-order valence-electron chi connectivity index (χ3n) is 3.74. The molecule has 21 heavy (non-hydrogen) atoms. The second-order valence-corrected chi connectivity index (χ2v) is 5.01. The minimum absolute atomic E-state index is 0.0862. The SMILES string of the molecule is CNC(=O)C1CCCCN1C(=O)c1ccc(OC)c(O)c1. The number of likely N-dealkylation sites (N-methyl/N-ethyl adjacent to an activating group) is 1. The van der Waals surface area contributed by atoms with Crippen LogP contribution in [0.25, 0.3) is 0 Å². The third-order valence-corrected chi connectivity index (χ3v) is 3.74. The van der Waals surface area contributed by atoms with E-state index in [-0.39, 0.29) is 17.6 Å². The number of ether oxygens (including phenoxy) is 1. The summed E-state index contributed by atoms with van der Waals surface area (Å²) in [6, 6.07) is 4.06. The zero-order chi connectivity index (χ0) is 15.4. The number of carbonyl (C=O) groups is 2. The Hall–Kier alpha value is -2.24. The first-order valence-electron chi connectivity index (χ1n) is 6.98. The molecular weight excluding hydrogens is 272 g/mol. The lowest BCUT2D eigenvalue weighted by atomic mass is 10.00. The lowest BCUT2D eigenvalue weighted by Gasteiger charge is -2.34. The second kappa shape index (κ2) is 6.47. The van der Waals surface area contributed by atoms with E-state index in [4.69, 9.17) is 4.74 Å². The number of piperidine rings is 1. The number of aromatic hydroxyl groups is 1. The Kier molecular flexibility index (Phi) is 4.67. The lowest BCUT2D eigenvalue weighted by Crippen LogP contribution is -2.51. The van der Waals surface area contributed by atoms with E-state index >= 15 is 0 Å². The number of benzene rings is 1. The van der Waals surface area contributed by atoms with Crippen molar-refractivity contribution in [1.82, 2.24) is 10.2 Å². The van der Waals surface area contributed by atoms with E-state index in [0.29, 0.717) is 24.3 Å². The molecular formula is C15H20N2O4. The molecule has 1 aliphatic rings. The normalized spacial score (nSPS) is 18.2. The summed E-state index contributed by atoms with van der Waals surface area (Å²) in [4.78, 5) is 26.1. The number of phenolic OH excluding ortho intramolecular Hbond substituents is 1. The van der Waals surface area contributed by atoms with Gasteiger partial charge in [-0.1, -0.05) is 0 Å². The van der Waals surface area contributed by atoms with Gasteiger partial charge >= 0.3 is 0 Å². The van der Waals surface area contributed by atoms with Gasteiger partial charge in [0.1, 0.15) is 6.04 Å². The maximum absolute atomic E-state index is 12.6. The minimum Gasteiger partial charge on any atom is -0.504 e. The average molecular weight is 292 g/mol. The highest BCUT2D eigenvalue weighted by Gasteiger charge is 2.32. The largest absolute Gasteiger partial charge is 0.504 e. The number of rotatable bonds is 3. The first-order chi connectivity index (χ1) is 10.1. The van der Waals surface area contributed by atoms with Crippen LogP contribution in [0.3, 0.4) is 0 Å². The van der Waals surface area contributed by atoms with E-state index in [2.05, 4.69) is 5.32 Å². The maximum atomic E-state index is 12.6. The Labute approximate surface area is 123 Å². The van der Waals surface area contributed by atoms with E-state index in [1.807, 2.05) is 0 Å². The van der Waals surface area contributed by atoms with E-state index in [1.165, 1.54) is 13.2 Å². The van der Waals surface area contributed by atoms with E-state index in [1.54, 1.807) is 24.1 Å². The Morgan fingerprint density at radius 2 is 2.14 bits per heavy atom. The smallest absolute Gasteiger partial charge is 0.254 e. The number of carbonyl (C=O) groups excluding carboxylic acids is 2. The van der Waals surface area contributed by atoms with Gasteiger partial charge < -0.3 is 20.1 Å². The molecule has 0 saturated carbocycles. The van der Waals surface area contributed by atoms with Crippen LogP contribution < -0.4 is 10.1 Å². The molecule has 114 valence electrons. The van der Waals surface area contributed by atoms with E-state index in [9.17, 15) is 14.7 Å². The minimum atomic E-state index is -0.444. The summed E-state index contributed by atoms with van der Waals surface area (Å²) in [6.45, 7) is 0.545. The number of likely N-dealkylation sites (tertiary alicyclic amines) is 1. The Balaban J connectivity index is 2.24. The van der Waals surface area contributed by atoms with Crippen molar-refractivity contribution in [1.29, 1.82) is 0 Å². The predicted molar refractivity (Wildman–Crippen MR) is 77.4 cm³/mol. The highest BCUT2D eigenvalue weighted by Crippen LogP contribution is 2.28. The summed E-state index contributed by atoms with van der Waals surface area (Å²) in [6.07, 6.45) is 2.46. The number of hydrogen-bond acceptors (Lipinski definition) is 4. The van der Waals surface area contributed by atoms with Gasteiger partial charge in [-0.3, -0.25) is 9.59 Å². The van der Waals surface area contributed by atoms with Crippen molar-refractivity contribution in [3.05, 3.63) is 23.8 Å². The van der Waals surface area contributed by atoms with Crippen LogP contribution in [0.4, 0.5) is 0 Å². The number of amides is 2. The molecule has 0 aliphatic carbocycles. The molecule has 1 fully saturated rings. The maximum Gasteiger partial charge on any atom is 0.254 e. The van der Waals surface area contributed by atoms with E-state index in [0.717, 1.165) is 12.8 Å². The molecule has 1 aromatic rings. The quantitative estimate of drug-likeness (QED) is 0.875. The van der Waals surface area contributed by atoms with E-state index < -0.39 is 6.04 Å². The van der Waals surface area contributed by atoms with Crippen molar-refractivity contribution in [3.8, 4) is 11.5 Å². The summed E-state index contributed by atoms with van der Waals surface area (Å²) >= 11 is 0. The molecule has 1 saturated heterocycles. The highest BCUT2D eigenvalue weighted by atomic mass is 16.5. The molecule has 6 heteroatoms. The molecule has 2 N–H and O–H groups in total. The molecule has 0 aromatic heterocycles. The van der Waals surface area contributed by atoms with Gasteiger partial charge in [0, 0.05) is 19.2 Å². The fourth-order valence-electron chi connectivity index (χ4n) is 2.60. The first-order valence-corrected chi connectivity index (χ1v) is 6.98. The number of hydrogen-bond donors (Lipinski definition) is 2. The van der Waals surface area contributed by atoms with Crippen molar-refractivity contribution < 1.29 is 19.4 Å². The average Bonchev–Trinajstić information content (AvgIpc) is 2.53. The van der Waals surface area contributed by atoms with Gasteiger partial charge in [-0.2, -0.15) is 0 Å². The number of phenols is 1. The standard InChI is InChI=1S/C15H20N2O4/c1-16-14(19)11-5-3-4-8-17(11)15(20)10-6-7-13(21-2)12(18)9-10/h6-7,9,11,18H,3-5,8H2,1-2H3,(H,16,19). The molecule has 6 nitrogen and oxygen atoms in total. The van der Waals surface area contributed by atoms with Crippen molar-refractivity contribution in [3.63, 3.8) is 0 Å². The molecule has 1 unspecified atom stereocenters. The van der Waals surface area contributed by atoms with Gasteiger partial charge in [0.2, 0.25) is 5.91 Å². The van der Waals surface area contributed by atoms with Gasteiger partial charge in [0.15, 0.2) is 11.5 Å². The van der Waals surface area contributed by atoms with Crippen molar-refractivity contribution >= 4 is 11.8 Å². The summed E-state index contributed by atoms with van der Waals surface area (Å²) in [5, 5.41) is 12.4. The third kappa shape index (κ3) is 3.09. The predicted octanol–water partition coefficient (Wildman–Crippen LogP) is 1.14. The molecule has 1 atom stereocenters. The summed E-state index contributed by atoms with van der Waals surface area (Å²) in [5.41, 5.74) is 0.351. The molecule has 2 amide bonds. The molecule has 1 heterocycles. The van der Waals surface area contributed by atoms with Crippen molar-refractivity contribution in [2.45, 2.75) is 25.3 Å². The first kappa shape index (κ1) is 15.2. The fraction of sp³-hybridized carbons (Fsp3) is 0.467. The van der Waals surface area contributed by atoms with Crippen LogP contribution in [-0.4, -0.2) is 48.6 Å². The summed E-state index contributed by atoms with van der Waals surface area (Å²) in [5.74, 6) is -0.174. The van der Waals surface area contributed by atoms with Gasteiger partial charge in [0.25, 0.3) is 5.91 Å². The topological polar surface area (TPSA) is 78.9 Å². The molecule has 1 aromatic carbocycles. The second-order valence-electron chi connectivity index (χ2n) is 5.01. The Morgan fingerprint density at radius 3 is 2.76 bits per heavy atom. The fourth-order valence-corrected chi connectivity index (χ4v) is 2.60. The van der Waals surface area contributed by atoms with Crippen molar-refractivity contribution in [2.75, 3.05) is 20.7 Å². The summed E-state index contributed by atoms with van der Waals surface area (Å²) in [7, 11) is 3.02. The zero-order valence-electron chi connectivity index (χ0n) is 12.3. The number of nitrogens with one attached hydrogen (secondary N) is 1. The molecule has 0 radical (unpaired) electrons. The number of methoxy groups -OCH3 is 1. The molecule has 2 rings (SSSR count). The summed E-state index contributed by atoms with van der Waals surface area (Å²) < 4.78 is 4.96. The monoisotopic (exact) mass is 292 g/mol. The van der Waals surface area contributed by atoms with Gasteiger partial charge in [-0.25, -0.2) is 0 Å². The highest BCUT2D eigenvalue weighted by molar-refractivity contribution is 5.98. The van der Waals surface area contributed by atoms with Crippen LogP contribution >= 0.6 is 0 Å². The molecule has 0 spiro atoms. The Bertz CT molecular complexity index is 544. The zero-order valence-corrected chi connectivity index (χ0v) is 12.3. The Morgan fingerprint density at radius 1 is 1.38 bits per heavy atom. The van der Waals surface area contributed by atoms with Crippen LogP contribution in [0.5, 0.6) is 11.5 Å². The van der Waals surface area contributed by atoms with Crippen LogP contribution in [0.15, 0.2) is 18.2 Å². The van der Waals surface area contributed by atoms with Gasteiger partial charge in [-0.05, 0) is 37.5 Å².